The third-order valence-corrected chi connectivity index (χ3v) is 4.52. The number of piperazine rings is 1. The lowest BCUT2D eigenvalue weighted by atomic mass is 10.0. The lowest BCUT2D eigenvalue weighted by Crippen LogP contribution is -2.57. The maximum atomic E-state index is 14.3. The second-order valence-corrected chi connectivity index (χ2v) is 6.76. The van der Waals surface area contributed by atoms with Crippen LogP contribution in [-0.4, -0.2) is 54.8 Å². The number of amides is 3. The van der Waals surface area contributed by atoms with E-state index in [2.05, 4.69) is 5.32 Å². The van der Waals surface area contributed by atoms with Crippen molar-refractivity contribution in [1.82, 2.24) is 10.2 Å². The largest absolute Gasteiger partial charge is 0.366 e. The van der Waals surface area contributed by atoms with Crippen molar-refractivity contribution in [1.29, 1.82) is 0 Å². The molecule has 1 atom stereocenters. The van der Waals surface area contributed by atoms with Crippen LogP contribution in [0.15, 0.2) is 18.2 Å². The number of hydrogen-bond donors (Lipinski definition) is 2. The van der Waals surface area contributed by atoms with Crippen molar-refractivity contribution < 1.29 is 18.8 Å². The highest BCUT2D eigenvalue weighted by atomic mass is 19.1. The summed E-state index contributed by atoms with van der Waals surface area (Å²) < 4.78 is 14.3. The van der Waals surface area contributed by atoms with Crippen LogP contribution in [0.25, 0.3) is 0 Å². The Balaban J connectivity index is 2.03. The Labute approximate surface area is 152 Å². The Morgan fingerprint density at radius 1 is 1.15 bits per heavy atom. The van der Waals surface area contributed by atoms with Crippen LogP contribution in [0.1, 0.15) is 31.1 Å². The number of carbonyl (C=O) groups excluding carboxylic acids is 3. The first kappa shape index (κ1) is 19.7. The van der Waals surface area contributed by atoms with E-state index in [-0.39, 0.29) is 17.6 Å². The molecule has 1 aromatic carbocycles. The smallest absolute Gasteiger partial charge is 0.312 e. The van der Waals surface area contributed by atoms with Gasteiger partial charge < -0.3 is 20.9 Å². The summed E-state index contributed by atoms with van der Waals surface area (Å²) in [7, 11) is 0. The molecule has 1 fully saturated rings. The summed E-state index contributed by atoms with van der Waals surface area (Å²) >= 11 is 0. The molecule has 1 aliphatic heterocycles. The molecule has 0 bridgehead atoms. The molecule has 2 rings (SSSR count). The monoisotopic (exact) mass is 364 g/mol. The van der Waals surface area contributed by atoms with Crippen LogP contribution in [0.5, 0.6) is 0 Å². The summed E-state index contributed by atoms with van der Waals surface area (Å²) in [6.07, 6.45) is 0. The van der Waals surface area contributed by atoms with Gasteiger partial charge in [-0.1, -0.05) is 13.8 Å². The van der Waals surface area contributed by atoms with E-state index < -0.39 is 17.9 Å². The fourth-order valence-corrected chi connectivity index (χ4v) is 3.01. The molecule has 0 radical (unpaired) electrons. The first-order valence-electron chi connectivity index (χ1n) is 8.61. The van der Waals surface area contributed by atoms with Crippen molar-refractivity contribution in [3.05, 3.63) is 29.6 Å². The molecular formula is C18H25FN4O3. The van der Waals surface area contributed by atoms with Gasteiger partial charge in [0.05, 0.1) is 5.69 Å². The number of anilines is 1. The number of hydrogen-bond acceptors (Lipinski definition) is 4. The molecule has 3 amide bonds. The normalized spacial score (nSPS) is 15.7. The summed E-state index contributed by atoms with van der Waals surface area (Å²) in [5, 5.41) is 2.49. The predicted molar refractivity (Wildman–Crippen MR) is 96.5 cm³/mol. The average molecular weight is 364 g/mol. The summed E-state index contributed by atoms with van der Waals surface area (Å²) in [6, 6.07) is 3.02. The quantitative estimate of drug-likeness (QED) is 0.772. The van der Waals surface area contributed by atoms with E-state index in [0.717, 1.165) is 0 Å². The van der Waals surface area contributed by atoms with Crippen LogP contribution in [-0.2, 0) is 4.79 Å². The number of rotatable bonds is 5. The number of nitrogens with one attached hydrogen (secondary N) is 1. The second-order valence-electron chi connectivity index (χ2n) is 6.76. The van der Waals surface area contributed by atoms with Crippen LogP contribution in [0, 0.1) is 11.7 Å². The molecule has 1 unspecified atom stereocenters. The summed E-state index contributed by atoms with van der Waals surface area (Å²) in [5.74, 6) is -0.920. The van der Waals surface area contributed by atoms with E-state index >= 15 is 0 Å². The third-order valence-electron chi connectivity index (χ3n) is 4.52. The molecule has 3 N–H and O–H groups in total. The highest BCUT2D eigenvalue weighted by Gasteiger charge is 2.30. The molecule has 7 nitrogen and oxygen atoms in total. The number of urea groups is 1. The van der Waals surface area contributed by atoms with Gasteiger partial charge >= 0.3 is 6.03 Å². The number of nitrogens with zero attached hydrogens (tertiary/aromatic N) is 2. The van der Waals surface area contributed by atoms with Gasteiger partial charge in [0.2, 0.25) is 5.91 Å². The Kier molecular flexibility index (Phi) is 6.18. The molecule has 8 heteroatoms. The molecule has 0 aliphatic carbocycles. The third kappa shape index (κ3) is 4.50. The van der Waals surface area contributed by atoms with Crippen LogP contribution >= 0.6 is 0 Å². The SMILES string of the molecule is CC(=O)c1ccc(N2CCN(C(=O)C(NC(N)=O)C(C)C)CC2)c(F)c1. The van der Waals surface area contributed by atoms with Crippen molar-refractivity contribution in [2.45, 2.75) is 26.8 Å². The summed E-state index contributed by atoms with van der Waals surface area (Å²) in [5.41, 5.74) is 5.90. The standard InChI is InChI=1S/C18H25FN4O3/c1-11(2)16(21-18(20)26)17(25)23-8-6-22(7-9-23)15-5-4-13(12(3)24)10-14(15)19/h4-5,10-11,16H,6-9H2,1-3H3,(H3,20,21,26). The van der Waals surface area contributed by atoms with E-state index in [4.69, 9.17) is 5.73 Å². The molecule has 1 aliphatic rings. The number of Topliss-reactive ketones (excluding diaryl/α,β-unsaturated/α-hetero) is 1. The van der Waals surface area contributed by atoms with Gasteiger partial charge in [0.1, 0.15) is 11.9 Å². The second kappa shape index (κ2) is 8.16. The Morgan fingerprint density at radius 3 is 2.23 bits per heavy atom. The maximum Gasteiger partial charge on any atom is 0.312 e. The fraction of sp³-hybridized carbons (Fsp3) is 0.500. The lowest BCUT2D eigenvalue weighted by Gasteiger charge is -2.38. The average Bonchev–Trinajstić information content (AvgIpc) is 2.58. The first-order valence-corrected chi connectivity index (χ1v) is 8.61. The van der Waals surface area contributed by atoms with E-state index in [1.165, 1.54) is 13.0 Å². The fourth-order valence-electron chi connectivity index (χ4n) is 3.01. The molecule has 1 heterocycles. The van der Waals surface area contributed by atoms with Gasteiger partial charge in [0, 0.05) is 31.7 Å². The molecule has 0 spiro atoms. The summed E-state index contributed by atoms with van der Waals surface area (Å²) in [4.78, 5) is 38.6. The van der Waals surface area contributed by atoms with E-state index in [9.17, 15) is 18.8 Å². The lowest BCUT2D eigenvalue weighted by molar-refractivity contribution is -0.134. The van der Waals surface area contributed by atoms with Gasteiger partial charge in [-0.3, -0.25) is 9.59 Å². The van der Waals surface area contributed by atoms with Gasteiger partial charge in [0.25, 0.3) is 0 Å². The van der Waals surface area contributed by atoms with Gasteiger partial charge in [-0.2, -0.15) is 0 Å². The minimum absolute atomic E-state index is 0.0930. The van der Waals surface area contributed by atoms with Crippen LogP contribution < -0.4 is 16.0 Å². The molecule has 0 saturated carbocycles. The molecule has 0 aromatic heterocycles. The van der Waals surface area contributed by atoms with Gasteiger partial charge in [-0.05, 0) is 31.0 Å². The number of carbonyl (C=O) groups is 3. The predicted octanol–water partition coefficient (Wildman–Crippen LogP) is 1.37. The molecule has 26 heavy (non-hydrogen) atoms. The molecule has 1 saturated heterocycles. The zero-order chi connectivity index (χ0) is 19.4. The number of primary amides is 1. The Bertz CT molecular complexity index is 700. The molecular weight excluding hydrogens is 339 g/mol. The van der Waals surface area contributed by atoms with Crippen LogP contribution in [0.3, 0.4) is 0 Å². The zero-order valence-electron chi connectivity index (χ0n) is 15.3. The number of benzene rings is 1. The van der Waals surface area contributed by atoms with Crippen LogP contribution in [0.2, 0.25) is 0 Å². The number of nitrogens with two attached hydrogens (primary N) is 1. The van der Waals surface area contributed by atoms with E-state index in [0.29, 0.717) is 37.4 Å². The zero-order valence-corrected chi connectivity index (χ0v) is 15.3. The van der Waals surface area contributed by atoms with Crippen molar-refractivity contribution >= 4 is 23.4 Å². The van der Waals surface area contributed by atoms with E-state index in [1.54, 1.807) is 17.0 Å². The van der Waals surface area contributed by atoms with Crippen molar-refractivity contribution in [2.24, 2.45) is 11.7 Å². The maximum absolute atomic E-state index is 14.3. The first-order chi connectivity index (χ1) is 12.2. The highest BCUT2D eigenvalue weighted by molar-refractivity contribution is 5.94. The molecule has 1 aromatic rings. The Hall–Kier alpha value is -2.64. The van der Waals surface area contributed by atoms with Crippen molar-refractivity contribution in [3.63, 3.8) is 0 Å². The van der Waals surface area contributed by atoms with Crippen LogP contribution in [0.4, 0.5) is 14.9 Å². The van der Waals surface area contributed by atoms with E-state index in [1.807, 2.05) is 18.7 Å². The number of ketones is 1. The minimum Gasteiger partial charge on any atom is -0.366 e. The van der Waals surface area contributed by atoms with Gasteiger partial charge in [-0.15, -0.1) is 0 Å². The Morgan fingerprint density at radius 2 is 1.77 bits per heavy atom. The molecule has 142 valence electrons. The van der Waals surface area contributed by atoms with Crippen molar-refractivity contribution in [3.8, 4) is 0 Å². The minimum atomic E-state index is -0.733. The highest BCUT2D eigenvalue weighted by Crippen LogP contribution is 2.22. The van der Waals surface area contributed by atoms with Crippen molar-refractivity contribution in [2.75, 3.05) is 31.1 Å². The summed E-state index contributed by atoms with van der Waals surface area (Å²) in [6.45, 7) is 6.81. The van der Waals surface area contributed by atoms with Gasteiger partial charge in [0.15, 0.2) is 5.78 Å². The topological polar surface area (TPSA) is 95.7 Å². The number of halogens is 1. The van der Waals surface area contributed by atoms with Gasteiger partial charge in [-0.25, -0.2) is 9.18 Å².